The van der Waals surface area contributed by atoms with Gasteiger partial charge < -0.3 is 46.0 Å². The predicted octanol–water partition coefficient (Wildman–Crippen LogP) is 6.48. The van der Waals surface area contributed by atoms with Crippen LogP contribution in [0.15, 0.2) is 0 Å². The van der Waals surface area contributed by atoms with Crippen LogP contribution in [-0.4, -0.2) is 108 Å². The Morgan fingerprint density at radius 3 is 1.31 bits per heavy atom. The summed E-state index contributed by atoms with van der Waals surface area (Å²) in [7, 11) is -5.10. The number of phosphoric acid groups is 1. The fraction of sp³-hybridized carbons (Fsp3) is 0.976. The number of hydrogen-bond acceptors (Lipinski definition) is 11. The van der Waals surface area contributed by atoms with E-state index >= 15 is 0 Å². The molecule has 0 spiro atoms. The number of carbonyl (C=O) groups is 1. The van der Waals surface area contributed by atoms with Crippen LogP contribution in [-0.2, 0) is 18.4 Å². The molecule has 1 amide bonds. The number of nitrogens with one attached hydrogen (secondary N) is 1. The van der Waals surface area contributed by atoms with Crippen molar-refractivity contribution in [3.63, 3.8) is 0 Å². The lowest BCUT2D eigenvalue weighted by atomic mass is 9.85. The van der Waals surface area contributed by atoms with E-state index in [4.69, 9.17) is 9.05 Å². The highest BCUT2D eigenvalue weighted by Crippen LogP contribution is 2.47. The number of amides is 1. The van der Waals surface area contributed by atoms with Crippen molar-refractivity contribution in [1.29, 1.82) is 0 Å². The number of unbranched alkanes of at least 4 members (excludes halogenated alkanes) is 23. The standard InChI is InChI=1S/C41H82NO12P/c1-3-5-7-9-11-13-15-16-17-19-20-22-24-26-28-32(43)30-35(45)42-33(34(44)29-27-25-23-21-18-14-12-10-8-6-4-2)31-53-55(51,52)54-41-39(49)37(47)36(46)38(48)40(41)50/h32-34,36-41,43-44,46-50H,3-31H2,1-2H3,(H,42,45)(H,51,52). The Labute approximate surface area is 332 Å². The molecule has 9 N–H and O–H groups in total. The highest BCUT2D eigenvalue weighted by atomic mass is 31.2. The van der Waals surface area contributed by atoms with Crippen LogP contribution in [0.5, 0.6) is 0 Å². The lowest BCUT2D eigenvalue weighted by molar-refractivity contribution is -0.220. The molecule has 0 saturated heterocycles. The number of phosphoric ester groups is 1. The summed E-state index contributed by atoms with van der Waals surface area (Å²) >= 11 is 0. The Morgan fingerprint density at radius 1 is 0.564 bits per heavy atom. The average Bonchev–Trinajstić information content (AvgIpc) is 3.15. The van der Waals surface area contributed by atoms with Crippen LogP contribution in [0, 0.1) is 0 Å². The van der Waals surface area contributed by atoms with Crippen molar-refractivity contribution in [1.82, 2.24) is 5.32 Å². The fourth-order valence-electron chi connectivity index (χ4n) is 7.30. The quantitative estimate of drug-likeness (QED) is 0.0245. The van der Waals surface area contributed by atoms with Gasteiger partial charge in [0.2, 0.25) is 5.91 Å². The van der Waals surface area contributed by atoms with E-state index in [9.17, 15) is 50.0 Å². The smallest absolute Gasteiger partial charge is 0.393 e. The third kappa shape index (κ3) is 24.7. The number of aliphatic hydroxyl groups is 7. The van der Waals surface area contributed by atoms with Gasteiger partial charge in [0.25, 0.3) is 0 Å². The minimum Gasteiger partial charge on any atom is -0.393 e. The highest BCUT2D eigenvalue weighted by Gasteiger charge is 2.51. The maximum atomic E-state index is 13.0. The van der Waals surface area contributed by atoms with E-state index in [0.717, 1.165) is 51.4 Å². The zero-order chi connectivity index (χ0) is 40.9. The van der Waals surface area contributed by atoms with Gasteiger partial charge in [0, 0.05) is 0 Å². The maximum absolute atomic E-state index is 13.0. The second-order valence-corrected chi connectivity index (χ2v) is 17.5. The van der Waals surface area contributed by atoms with Crippen molar-refractivity contribution in [2.24, 2.45) is 0 Å². The number of hydrogen-bond donors (Lipinski definition) is 9. The first kappa shape index (κ1) is 52.3. The molecule has 0 aliphatic heterocycles. The molecule has 8 unspecified atom stereocenters. The van der Waals surface area contributed by atoms with Crippen molar-refractivity contribution in [3.8, 4) is 0 Å². The summed E-state index contributed by atoms with van der Waals surface area (Å²) in [6.07, 6.45) is 15.9. The molecule has 328 valence electrons. The molecule has 14 heteroatoms. The molecule has 0 radical (unpaired) electrons. The van der Waals surface area contributed by atoms with Gasteiger partial charge >= 0.3 is 7.82 Å². The molecular formula is C41H82NO12P. The molecule has 1 saturated carbocycles. The molecular weight excluding hydrogens is 729 g/mol. The van der Waals surface area contributed by atoms with Gasteiger partial charge in [0.05, 0.1) is 31.3 Å². The van der Waals surface area contributed by atoms with Gasteiger partial charge in [-0.2, -0.15) is 0 Å². The maximum Gasteiger partial charge on any atom is 0.472 e. The number of rotatable bonds is 36. The van der Waals surface area contributed by atoms with E-state index in [0.29, 0.717) is 12.8 Å². The molecule has 0 aromatic carbocycles. The van der Waals surface area contributed by atoms with Crippen LogP contribution in [0.4, 0.5) is 0 Å². The van der Waals surface area contributed by atoms with E-state index in [1.54, 1.807) is 0 Å². The molecule has 1 fully saturated rings. The SMILES string of the molecule is CCCCCCCCCCCCCCCCC(O)CC(=O)NC(COP(=O)(O)OC1C(O)C(O)C(O)C(O)C1O)C(O)CCCCCCCCCCCCC. The summed E-state index contributed by atoms with van der Waals surface area (Å²) in [5.74, 6) is -0.559. The summed E-state index contributed by atoms with van der Waals surface area (Å²) in [4.78, 5) is 23.4. The van der Waals surface area contributed by atoms with Crippen LogP contribution < -0.4 is 5.32 Å². The summed E-state index contributed by atoms with van der Waals surface area (Å²) in [5, 5.41) is 74.4. The Hall–Kier alpha value is -0.700. The first-order valence-electron chi connectivity index (χ1n) is 22.1. The zero-order valence-electron chi connectivity index (χ0n) is 34.4. The van der Waals surface area contributed by atoms with Crippen molar-refractivity contribution in [3.05, 3.63) is 0 Å². The predicted molar refractivity (Wildman–Crippen MR) is 215 cm³/mol. The Balaban J connectivity index is 2.54. The summed E-state index contributed by atoms with van der Waals surface area (Å²) < 4.78 is 22.8. The largest absolute Gasteiger partial charge is 0.472 e. The first-order valence-corrected chi connectivity index (χ1v) is 23.6. The Kier molecular flexibility index (Phi) is 30.6. The van der Waals surface area contributed by atoms with Gasteiger partial charge in [-0.1, -0.05) is 174 Å². The fourth-order valence-corrected chi connectivity index (χ4v) is 8.27. The lowest BCUT2D eigenvalue weighted by Gasteiger charge is -2.41. The van der Waals surface area contributed by atoms with Gasteiger partial charge in [0.15, 0.2) is 0 Å². The summed E-state index contributed by atoms with van der Waals surface area (Å²) in [5.41, 5.74) is 0. The summed E-state index contributed by atoms with van der Waals surface area (Å²) in [6, 6.07) is -1.15. The van der Waals surface area contributed by atoms with Crippen LogP contribution in [0.1, 0.15) is 194 Å². The van der Waals surface area contributed by atoms with Crippen molar-refractivity contribution >= 4 is 13.7 Å². The van der Waals surface area contributed by atoms with E-state index in [-0.39, 0.29) is 12.8 Å². The average molecular weight is 812 g/mol. The van der Waals surface area contributed by atoms with Crippen molar-refractivity contribution in [2.75, 3.05) is 6.61 Å². The van der Waals surface area contributed by atoms with Crippen LogP contribution in [0.25, 0.3) is 0 Å². The topological polar surface area (TPSA) is 226 Å². The zero-order valence-corrected chi connectivity index (χ0v) is 35.3. The monoisotopic (exact) mass is 812 g/mol. The molecule has 8 atom stereocenters. The molecule has 1 rings (SSSR count). The molecule has 55 heavy (non-hydrogen) atoms. The third-order valence-corrected chi connectivity index (χ3v) is 12.0. The third-order valence-electron chi connectivity index (χ3n) is 11.0. The van der Waals surface area contributed by atoms with Crippen molar-refractivity contribution < 1.29 is 59.0 Å². The Morgan fingerprint density at radius 2 is 0.909 bits per heavy atom. The van der Waals surface area contributed by atoms with Crippen LogP contribution in [0.3, 0.4) is 0 Å². The second-order valence-electron chi connectivity index (χ2n) is 16.1. The molecule has 0 heterocycles. The second kappa shape index (κ2) is 32.2. The van der Waals surface area contributed by atoms with Gasteiger partial charge in [-0.25, -0.2) is 4.57 Å². The van der Waals surface area contributed by atoms with E-state index in [1.165, 1.54) is 103 Å². The van der Waals surface area contributed by atoms with Gasteiger partial charge in [0.1, 0.15) is 36.6 Å². The number of carbonyl (C=O) groups excluding carboxylic acids is 1. The molecule has 1 aliphatic carbocycles. The van der Waals surface area contributed by atoms with E-state index in [1.807, 2.05) is 0 Å². The molecule has 0 aromatic rings. The first-order chi connectivity index (χ1) is 26.3. The van der Waals surface area contributed by atoms with E-state index in [2.05, 4.69) is 19.2 Å². The lowest BCUT2D eigenvalue weighted by Crippen LogP contribution is -2.64. The van der Waals surface area contributed by atoms with Crippen molar-refractivity contribution in [2.45, 2.75) is 249 Å². The minimum absolute atomic E-state index is 0.216. The molecule has 13 nitrogen and oxygen atoms in total. The summed E-state index contributed by atoms with van der Waals surface area (Å²) in [6.45, 7) is 3.76. The van der Waals surface area contributed by atoms with Gasteiger partial charge in [-0.05, 0) is 12.8 Å². The normalized spacial score (nSPS) is 24.3. The molecule has 0 bridgehead atoms. The van der Waals surface area contributed by atoms with Crippen LogP contribution >= 0.6 is 7.82 Å². The molecule has 1 aliphatic rings. The minimum atomic E-state index is -5.10. The van der Waals surface area contributed by atoms with E-state index < -0.39 is 75.2 Å². The Bertz CT molecular complexity index is 964. The van der Waals surface area contributed by atoms with Crippen LogP contribution in [0.2, 0.25) is 0 Å². The van der Waals surface area contributed by atoms with Gasteiger partial charge in [-0.15, -0.1) is 0 Å². The highest BCUT2D eigenvalue weighted by molar-refractivity contribution is 7.47. The number of aliphatic hydroxyl groups excluding tert-OH is 7. The molecule has 0 aromatic heterocycles. The van der Waals surface area contributed by atoms with Gasteiger partial charge in [-0.3, -0.25) is 13.8 Å².